The Hall–Kier alpha value is -2.80. The highest BCUT2D eigenvalue weighted by molar-refractivity contribution is 8.00. The van der Waals surface area contributed by atoms with E-state index < -0.39 is 0 Å². The minimum atomic E-state index is -0.0682. The zero-order chi connectivity index (χ0) is 18.2. The molecule has 0 aliphatic rings. The van der Waals surface area contributed by atoms with Gasteiger partial charge in [-0.3, -0.25) is 4.79 Å². The molecular formula is C19H19N3O3S. The third-order valence-electron chi connectivity index (χ3n) is 3.60. The Morgan fingerprint density at radius 3 is 2.69 bits per heavy atom. The lowest BCUT2D eigenvalue weighted by atomic mass is 10.2. The van der Waals surface area contributed by atoms with Crippen molar-refractivity contribution in [3.63, 3.8) is 0 Å². The van der Waals surface area contributed by atoms with E-state index in [1.807, 2.05) is 48.5 Å². The van der Waals surface area contributed by atoms with Crippen LogP contribution >= 0.6 is 11.8 Å². The molecule has 7 heteroatoms. The van der Waals surface area contributed by atoms with E-state index >= 15 is 0 Å². The first-order valence-electron chi connectivity index (χ1n) is 8.13. The van der Waals surface area contributed by atoms with E-state index in [1.54, 1.807) is 7.11 Å². The fraction of sp³-hybridized carbons (Fsp3) is 0.211. The predicted octanol–water partition coefficient (Wildman–Crippen LogP) is 2.93. The molecule has 0 spiro atoms. The van der Waals surface area contributed by atoms with Crippen molar-refractivity contribution in [2.24, 2.45) is 0 Å². The molecule has 0 aliphatic carbocycles. The SMILES string of the molecule is COc1ccccc1OCCNC(=O)CSc1ncnc2ccccc12. The Kier molecular flexibility index (Phi) is 6.27. The molecule has 3 aromatic rings. The third-order valence-corrected chi connectivity index (χ3v) is 4.60. The first kappa shape index (κ1) is 18.0. The van der Waals surface area contributed by atoms with E-state index in [4.69, 9.17) is 9.47 Å². The van der Waals surface area contributed by atoms with Crippen LogP contribution in [0.2, 0.25) is 0 Å². The molecule has 0 saturated heterocycles. The van der Waals surface area contributed by atoms with Crippen molar-refractivity contribution >= 4 is 28.6 Å². The van der Waals surface area contributed by atoms with Gasteiger partial charge in [-0.05, 0) is 18.2 Å². The van der Waals surface area contributed by atoms with Crippen LogP contribution in [-0.4, -0.2) is 41.9 Å². The van der Waals surface area contributed by atoms with Gasteiger partial charge in [-0.15, -0.1) is 0 Å². The number of amides is 1. The number of para-hydroxylation sites is 3. The summed E-state index contributed by atoms with van der Waals surface area (Å²) in [6, 6.07) is 15.2. The molecule has 0 atom stereocenters. The molecule has 0 saturated carbocycles. The smallest absolute Gasteiger partial charge is 0.230 e. The van der Waals surface area contributed by atoms with Gasteiger partial charge in [0.2, 0.25) is 5.91 Å². The molecular weight excluding hydrogens is 350 g/mol. The summed E-state index contributed by atoms with van der Waals surface area (Å²) in [5.74, 6) is 1.55. The lowest BCUT2D eigenvalue weighted by Gasteiger charge is -2.11. The van der Waals surface area contributed by atoms with Gasteiger partial charge in [0.1, 0.15) is 18.0 Å². The lowest BCUT2D eigenvalue weighted by molar-refractivity contribution is -0.118. The average Bonchev–Trinajstić information content (AvgIpc) is 2.70. The topological polar surface area (TPSA) is 73.3 Å². The Balaban J connectivity index is 1.44. The standard InChI is InChI=1S/C19H19N3O3S/c1-24-16-8-4-5-9-17(16)25-11-10-20-18(23)12-26-19-14-6-2-3-7-15(14)21-13-22-19/h2-9,13H,10-12H2,1H3,(H,20,23). The van der Waals surface area contributed by atoms with Crippen molar-refractivity contribution in [2.75, 3.05) is 26.0 Å². The maximum absolute atomic E-state index is 12.0. The molecule has 0 radical (unpaired) electrons. The van der Waals surface area contributed by atoms with Gasteiger partial charge < -0.3 is 14.8 Å². The van der Waals surface area contributed by atoms with Gasteiger partial charge >= 0.3 is 0 Å². The van der Waals surface area contributed by atoms with Crippen LogP contribution in [-0.2, 0) is 4.79 Å². The number of thioether (sulfide) groups is 1. The highest BCUT2D eigenvalue weighted by atomic mass is 32.2. The van der Waals surface area contributed by atoms with Crippen molar-refractivity contribution in [1.82, 2.24) is 15.3 Å². The minimum Gasteiger partial charge on any atom is -0.493 e. The fourth-order valence-corrected chi connectivity index (χ4v) is 3.19. The van der Waals surface area contributed by atoms with Crippen molar-refractivity contribution in [3.05, 3.63) is 54.9 Å². The molecule has 1 N–H and O–H groups in total. The molecule has 134 valence electrons. The van der Waals surface area contributed by atoms with E-state index in [1.165, 1.54) is 18.1 Å². The van der Waals surface area contributed by atoms with Crippen molar-refractivity contribution in [1.29, 1.82) is 0 Å². The first-order chi connectivity index (χ1) is 12.8. The molecule has 1 aromatic heterocycles. The molecule has 0 bridgehead atoms. The summed E-state index contributed by atoms with van der Waals surface area (Å²) in [6.07, 6.45) is 1.52. The molecule has 1 amide bonds. The molecule has 26 heavy (non-hydrogen) atoms. The second-order valence-corrected chi connectivity index (χ2v) is 6.30. The summed E-state index contributed by atoms with van der Waals surface area (Å²) in [4.78, 5) is 20.5. The number of methoxy groups -OCH3 is 1. The van der Waals surface area contributed by atoms with E-state index in [-0.39, 0.29) is 11.7 Å². The highest BCUT2D eigenvalue weighted by Gasteiger charge is 2.08. The highest BCUT2D eigenvalue weighted by Crippen LogP contribution is 2.25. The molecule has 0 unspecified atom stereocenters. The van der Waals surface area contributed by atoms with Crippen LogP contribution in [0.15, 0.2) is 59.9 Å². The number of hydrogen-bond donors (Lipinski definition) is 1. The number of ether oxygens (including phenoxy) is 2. The van der Waals surface area contributed by atoms with Crippen LogP contribution in [0, 0.1) is 0 Å². The zero-order valence-electron chi connectivity index (χ0n) is 14.3. The second kappa shape index (κ2) is 9.05. The zero-order valence-corrected chi connectivity index (χ0v) is 15.2. The quantitative estimate of drug-likeness (QED) is 0.374. The summed E-state index contributed by atoms with van der Waals surface area (Å²) in [6.45, 7) is 0.787. The summed E-state index contributed by atoms with van der Waals surface area (Å²) in [5.41, 5.74) is 0.871. The van der Waals surface area contributed by atoms with Crippen molar-refractivity contribution in [3.8, 4) is 11.5 Å². The maximum Gasteiger partial charge on any atom is 0.230 e. The molecule has 1 heterocycles. The van der Waals surface area contributed by atoms with Gasteiger partial charge in [0.25, 0.3) is 0 Å². The van der Waals surface area contributed by atoms with Crippen molar-refractivity contribution in [2.45, 2.75) is 5.03 Å². The summed E-state index contributed by atoms with van der Waals surface area (Å²) in [5, 5.41) is 4.59. The van der Waals surface area contributed by atoms with E-state index in [0.29, 0.717) is 24.7 Å². The van der Waals surface area contributed by atoms with E-state index in [9.17, 15) is 4.79 Å². The van der Waals surface area contributed by atoms with Crippen LogP contribution in [0.5, 0.6) is 11.5 Å². The summed E-state index contributed by atoms with van der Waals surface area (Å²) >= 11 is 1.39. The minimum absolute atomic E-state index is 0.0682. The van der Waals surface area contributed by atoms with Crippen LogP contribution < -0.4 is 14.8 Å². The number of benzene rings is 2. The Bertz CT molecular complexity index is 883. The van der Waals surface area contributed by atoms with Crippen LogP contribution in [0.1, 0.15) is 0 Å². The van der Waals surface area contributed by atoms with Crippen LogP contribution in [0.4, 0.5) is 0 Å². The number of hydrogen-bond acceptors (Lipinski definition) is 6. The monoisotopic (exact) mass is 369 g/mol. The molecule has 0 fully saturated rings. The number of nitrogens with one attached hydrogen (secondary N) is 1. The molecule has 3 rings (SSSR count). The number of nitrogens with zero attached hydrogens (tertiary/aromatic N) is 2. The van der Waals surface area contributed by atoms with E-state index in [0.717, 1.165) is 15.9 Å². The number of rotatable bonds is 8. The Morgan fingerprint density at radius 1 is 1.08 bits per heavy atom. The number of carbonyl (C=O) groups is 1. The summed E-state index contributed by atoms with van der Waals surface area (Å²) < 4.78 is 10.9. The third kappa shape index (κ3) is 4.64. The normalized spacial score (nSPS) is 10.5. The lowest BCUT2D eigenvalue weighted by Crippen LogP contribution is -2.29. The van der Waals surface area contributed by atoms with Gasteiger partial charge in [0.05, 0.1) is 24.9 Å². The van der Waals surface area contributed by atoms with Gasteiger partial charge in [-0.2, -0.15) is 0 Å². The Morgan fingerprint density at radius 2 is 1.85 bits per heavy atom. The first-order valence-corrected chi connectivity index (χ1v) is 9.11. The second-order valence-electron chi connectivity index (χ2n) is 5.33. The van der Waals surface area contributed by atoms with Gasteiger partial charge in [-0.25, -0.2) is 9.97 Å². The molecule has 6 nitrogen and oxygen atoms in total. The van der Waals surface area contributed by atoms with Crippen molar-refractivity contribution < 1.29 is 14.3 Å². The average molecular weight is 369 g/mol. The number of fused-ring (bicyclic) bond motifs is 1. The molecule has 0 aliphatic heterocycles. The maximum atomic E-state index is 12.0. The largest absolute Gasteiger partial charge is 0.493 e. The Labute approximate surface area is 155 Å². The fourth-order valence-electron chi connectivity index (χ4n) is 2.37. The molecule has 2 aromatic carbocycles. The van der Waals surface area contributed by atoms with Crippen LogP contribution in [0.25, 0.3) is 10.9 Å². The number of aromatic nitrogens is 2. The summed E-state index contributed by atoms with van der Waals surface area (Å²) in [7, 11) is 1.60. The predicted molar refractivity (Wildman–Crippen MR) is 102 cm³/mol. The number of carbonyl (C=O) groups excluding carboxylic acids is 1. The van der Waals surface area contributed by atoms with E-state index in [2.05, 4.69) is 15.3 Å². The van der Waals surface area contributed by atoms with Gasteiger partial charge in [0, 0.05) is 5.39 Å². The van der Waals surface area contributed by atoms with Gasteiger partial charge in [0.15, 0.2) is 11.5 Å². The van der Waals surface area contributed by atoms with Gasteiger partial charge in [-0.1, -0.05) is 42.1 Å². The van der Waals surface area contributed by atoms with Crippen LogP contribution in [0.3, 0.4) is 0 Å².